The minimum Gasteiger partial charge on any atom is -0.292 e. The van der Waals surface area contributed by atoms with Crippen molar-refractivity contribution >= 4 is 12.4 Å². The van der Waals surface area contributed by atoms with Gasteiger partial charge in [-0.3, -0.25) is 9.98 Å². The summed E-state index contributed by atoms with van der Waals surface area (Å²) >= 11 is 0. The van der Waals surface area contributed by atoms with E-state index in [0.717, 1.165) is 48.6 Å². The average Bonchev–Trinajstić information content (AvgIpc) is 3.16. The Morgan fingerprint density at radius 2 is 0.853 bits per heavy atom. The first-order chi connectivity index (χ1) is 16.6. The van der Waals surface area contributed by atoms with Gasteiger partial charge in [-0.2, -0.15) is 0 Å². The molecule has 8 bridgehead atoms. The lowest BCUT2D eigenvalue weighted by Crippen LogP contribution is -2.39. The third kappa shape index (κ3) is 4.33. The first-order valence-corrected chi connectivity index (χ1v) is 14.7. The molecular weight excluding hydrogens is 412 g/mol. The van der Waals surface area contributed by atoms with E-state index in [1.165, 1.54) is 101 Å². The second-order valence-corrected chi connectivity index (χ2v) is 14.1. The predicted molar refractivity (Wildman–Crippen MR) is 142 cm³/mol. The SMILES string of the molecule is C(=NCC12CC3CCC(CC(C3)C1)C2)c1ccc(C=NCC23CC4CCC(CC(C4)C2)C3)cc1. The molecule has 1 aromatic carbocycles. The van der Waals surface area contributed by atoms with E-state index in [-0.39, 0.29) is 0 Å². The van der Waals surface area contributed by atoms with Crippen LogP contribution in [0.25, 0.3) is 0 Å². The zero-order valence-corrected chi connectivity index (χ0v) is 21.1. The Kier molecular flexibility index (Phi) is 5.51. The molecule has 0 saturated heterocycles. The molecule has 1 aromatic rings. The molecule has 0 amide bonds. The summed E-state index contributed by atoms with van der Waals surface area (Å²) < 4.78 is 0. The minimum atomic E-state index is 0.534. The van der Waals surface area contributed by atoms with Gasteiger partial charge in [0.1, 0.15) is 0 Å². The Labute approximate surface area is 207 Å². The number of hydrogen-bond acceptors (Lipinski definition) is 2. The Morgan fingerprint density at radius 3 is 1.21 bits per heavy atom. The van der Waals surface area contributed by atoms with E-state index < -0.39 is 0 Å². The van der Waals surface area contributed by atoms with Gasteiger partial charge in [-0.05, 0) is 122 Å². The van der Waals surface area contributed by atoms with Crippen LogP contribution < -0.4 is 0 Å². The monoisotopic (exact) mass is 456 g/mol. The molecule has 8 fully saturated rings. The summed E-state index contributed by atoms with van der Waals surface area (Å²) in [6.45, 7) is 2.12. The molecule has 8 aliphatic rings. The van der Waals surface area contributed by atoms with Crippen LogP contribution >= 0.6 is 0 Å². The minimum absolute atomic E-state index is 0.534. The average molecular weight is 457 g/mol. The van der Waals surface area contributed by atoms with Crippen molar-refractivity contribution in [3.05, 3.63) is 35.4 Å². The van der Waals surface area contributed by atoms with Crippen LogP contribution in [0.5, 0.6) is 0 Å². The highest BCUT2D eigenvalue weighted by molar-refractivity contribution is 5.84. The van der Waals surface area contributed by atoms with Crippen molar-refractivity contribution in [2.24, 2.45) is 56.3 Å². The van der Waals surface area contributed by atoms with Crippen LogP contribution in [0.15, 0.2) is 34.3 Å². The predicted octanol–water partition coefficient (Wildman–Crippen LogP) is 7.74. The summed E-state index contributed by atoms with van der Waals surface area (Å²) in [4.78, 5) is 10.0. The van der Waals surface area contributed by atoms with Gasteiger partial charge < -0.3 is 0 Å². The maximum Gasteiger partial charge on any atom is 0.0446 e. The topological polar surface area (TPSA) is 24.7 Å². The van der Waals surface area contributed by atoms with Gasteiger partial charge >= 0.3 is 0 Å². The van der Waals surface area contributed by atoms with Crippen LogP contribution in [-0.2, 0) is 0 Å². The molecule has 8 saturated carbocycles. The smallest absolute Gasteiger partial charge is 0.0446 e. The number of nitrogens with zero attached hydrogens (tertiary/aromatic N) is 2. The molecule has 0 N–H and O–H groups in total. The van der Waals surface area contributed by atoms with Crippen molar-refractivity contribution in [3.63, 3.8) is 0 Å². The number of benzene rings is 1. The maximum absolute atomic E-state index is 5.02. The number of fused-ring (bicyclic) bond motifs is 2. The summed E-state index contributed by atoms with van der Waals surface area (Å²) in [6.07, 6.45) is 25.1. The van der Waals surface area contributed by atoms with Crippen LogP contribution in [-0.4, -0.2) is 25.5 Å². The molecule has 0 radical (unpaired) electrons. The van der Waals surface area contributed by atoms with E-state index in [0.29, 0.717) is 10.8 Å². The molecule has 0 aliphatic heterocycles. The van der Waals surface area contributed by atoms with Crippen LogP contribution in [0.4, 0.5) is 0 Å². The zero-order chi connectivity index (χ0) is 22.6. The van der Waals surface area contributed by atoms with Gasteiger partial charge in [0.25, 0.3) is 0 Å². The quantitative estimate of drug-likeness (QED) is 0.391. The molecule has 8 aliphatic carbocycles. The highest BCUT2D eigenvalue weighted by Crippen LogP contribution is 2.59. The molecule has 9 rings (SSSR count). The highest BCUT2D eigenvalue weighted by atomic mass is 14.8. The van der Waals surface area contributed by atoms with Gasteiger partial charge in [0, 0.05) is 25.5 Å². The van der Waals surface area contributed by atoms with Crippen molar-refractivity contribution < 1.29 is 0 Å². The number of rotatable bonds is 6. The Balaban J connectivity index is 0.961. The maximum atomic E-state index is 5.02. The lowest BCUT2D eigenvalue weighted by atomic mass is 9.58. The standard InChI is InChI=1S/C32H44N2/c1-2-24(20-34-22-32-15-27-7-8-28(16-32)12-30(11-27)18-32)4-3-23(1)19-33-21-31-13-25-5-6-26(14-31)10-29(9-25)17-31/h1-4,19-20,25-30H,5-18,21-22H2. The molecule has 0 heterocycles. The second kappa shape index (κ2) is 8.59. The van der Waals surface area contributed by atoms with Crippen molar-refractivity contribution in [2.75, 3.05) is 13.1 Å². The normalized spacial score (nSPS) is 44.8. The zero-order valence-electron chi connectivity index (χ0n) is 21.1. The van der Waals surface area contributed by atoms with Gasteiger partial charge in [-0.25, -0.2) is 0 Å². The fraction of sp³-hybridized carbons (Fsp3) is 0.750. The van der Waals surface area contributed by atoms with E-state index >= 15 is 0 Å². The number of aliphatic imine (C=N–C) groups is 2. The van der Waals surface area contributed by atoms with E-state index in [1.807, 2.05) is 0 Å². The molecular formula is C32H44N2. The van der Waals surface area contributed by atoms with E-state index in [1.54, 1.807) is 0 Å². The molecule has 4 atom stereocenters. The Bertz CT molecular complexity index is 833. The third-order valence-corrected chi connectivity index (χ3v) is 11.2. The highest BCUT2D eigenvalue weighted by Gasteiger charge is 2.49. The molecule has 0 aromatic heterocycles. The van der Waals surface area contributed by atoms with Gasteiger partial charge in [-0.1, -0.05) is 49.9 Å². The molecule has 2 nitrogen and oxygen atoms in total. The van der Waals surface area contributed by atoms with Crippen LogP contribution in [0.3, 0.4) is 0 Å². The van der Waals surface area contributed by atoms with Crippen molar-refractivity contribution in [3.8, 4) is 0 Å². The van der Waals surface area contributed by atoms with Gasteiger partial charge in [0.2, 0.25) is 0 Å². The van der Waals surface area contributed by atoms with E-state index in [2.05, 4.69) is 36.7 Å². The van der Waals surface area contributed by atoms with Gasteiger partial charge in [-0.15, -0.1) is 0 Å². The fourth-order valence-electron chi connectivity index (χ4n) is 10.5. The Hall–Kier alpha value is -1.44. The molecule has 0 spiro atoms. The number of hydrogen-bond donors (Lipinski definition) is 0. The van der Waals surface area contributed by atoms with Gasteiger partial charge in [0.05, 0.1) is 0 Å². The lowest BCUT2D eigenvalue weighted by molar-refractivity contribution is 0.0426. The van der Waals surface area contributed by atoms with Crippen molar-refractivity contribution in [1.29, 1.82) is 0 Å². The third-order valence-electron chi connectivity index (χ3n) is 11.2. The van der Waals surface area contributed by atoms with Gasteiger partial charge in [0.15, 0.2) is 0 Å². The lowest BCUT2D eigenvalue weighted by Gasteiger charge is -2.47. The Morgan fingerprint density at radius 1 is 0.529 bits per heavy atom. The molecule has 34 heavy (non-hydrogen) atoms. The van der Waals surface area contributed by atoms with Crippen LogP contribution in [0.1, 0.15) is 101 Å². The molecule has 4 unspecified atom stereocenters. The van der Waals surface area contributed by atoms with Crippen LogP contribution in [0.2, 0.25) is 0 Å². The van der Waals surface area contributed by atoms with E-state index in [4.69, 9.17) is 9.98 Å². The largest absolute Gasteiger partial charge is 0.292 e. The summed E-state index contributed by atoms with van der Waals surface area (Å²) in [5, 5.41) is 0. The fourth-order valence-corrected chi connectivity index (χ4v) is 10.5. The summed E-state index contributed by atoms with van der Waals surface area (Å²) in [5.74, 6) is 6.03. The van der Waals surface area contributed by atoms with Crippen molar-refractivity contribution in [1.82, 2.24) is 0 Å². The first kappa shape index (κ1) is 21.8. The van der Waals surface area contributed by atoms with Crippen molar-refractivity contribution in [2.45, 2.75) is 89.9 Å². The second-order valence-electron chi connectivity index (χ2n) is 14.1. The molecule has 2 heteroatoms. The summed E-state index contributed by atoms with van der Waals surface area (Å²) in [5.41, 5.74) is 3.56. The first-order valence-electron chi connectivity index (χ1n) is 14.7. The van der Waals surface area contributed by atoms with Crippen LogP contribution in [0, 0.1) is 46.3 Å². The molecule has 182 valence electrons. The summed E-state index contributed by atoms with van der Waals surface area (Å²) in [7, 11) is 0. The summed E-state index contributed by atoms with van der Waals surface area (Å²) in [6, 6.07) is 8.97. The van der Waals surface area contributed by atoms with E-state index in [9.17, 15) is 0 Å².